The molecule has 2 aliphatic rings. The lowest BCUT2D eigenvalue weighted by Gasteiger charge is -2.27. The van der Waals surface area contributed by atoms with E-state index in [9.17, 15) is 0 Å². The summed E-state index contributed by atoms with van der Waals surface area (Å²) in [7, 11) is 10.4. The van der Waals surface area contributed by atoms with Crippen LogP contribution in [0.1, 0.15) is 6.42 Å². The van der Waals surface area contributed by atoms with Gasteiger partial charge in [-0.05, 0) is 34.1 Å². The van der Waals surface area contributed by atoms with Gasteiger partial charge in [-0.3, -0.25) is 15.1 Å². The molecule has 2 saturated heterocycles. The normalized spacial score (nSPS) is 34.5. The van der Waals surface area contributed by atoms with Gasteiger partial charge in [-0.2, -0.15) is 0 Å². The lowest BCUT2D eigenvalue weighted by Crippen LogP contribution is -2.47. The standard InChI is InChI=1S/C10H22N4S2/c1-12(2)9-11-10(16-15-9)14-6-4-5-13(3)7-8-14/h9-11H,4-8H2,1-3H3. The van der Waals surface area contributed by atoms with Gasteiger partial charge in [-0.1, -0.05) is 21.6 Å². The molecule has 0 bridgehead atoms. The van der Waals surface area contributed by atoms with Gasteiger partial charge in [0.05, 0.1) is 0 Å². The molecule has 0 radical (unpaired) electrons. The maximum absolute atomic E-state index is 3.66. The van der Waals surface area contributed by atoms with Crippen LogP contribution in [0.2, 0.25) is 0 Å². The van der Waals surface area contributed by atoms with Crippen molar-refractivity contribution in [1.82, 2.24) is 20.0 Å². The van der Waals surface area contributed by atoms with E-state index < -0.39 is 0 Å². The Balaban J connectivity index is 1.84. The zero-order chi connectivity index (χ0) is 11.5. The van der Waals surface area contributed by atoms with Gasteiger partial charge in [0.15, 0.2) is 0 Å². The summed E-state index contributed by atoms with van der Waals surface area (Å²) < 4.78 is 0. The van der Waals surface area contributed by atoms with Crippen molar-refractivity contribution in [2.24, 2.45) is 0 Å². The van der Waals surface area contributed by atoms with Gasteiger partial charge in [0.2, 0.25) is 0 Å². The first-order valence-electron chi connectivity index (χ1n) is 5.84. The fourth-order valence-electron chi connectivity index (χ4n) is 1.99. The molecule has 2 aliphatic heterocycles. The molecule has 0 saturated carbocycles. The minimum absolute atomic E-state index is 0.455. The second kappa shape index (κ2) is 5.93. The molecule has 0 aromatic carbocycles. The van der Waals surface area contributed by atoms with Crippen molar-refractivity contribution >= 4 is 21.6 Å². The molecular formula is C10H22N4S2. The number of nitrogens with zero attached hydrogens (tertiary/aromatic N) is 3. The van der Waals surface area contributed by atoms with Crippen molar-refractivity contribution in [2.75, 3.05) is 47.3 Å². The Hall–Kier alpha value is 0.540. The third-order valence-corrected chi connectivity index (χ3v) is 5.97. The first kappa shape index (κ1) is 13.0. The van der Waals surface area contributed by atoms with E-state index in [1.165, 1.54) is 32.6 Å². The van der Waals surface area contributed by atoms with Crippen LogP contribution in [-0.4, -0.2) is 73.0 Å². The number of hydrogen-bond acceptors (Lipinski definition) is 6. The number of hydrogen-bond donors (Lipinski definition) is 1. The van der Waals surface area contributed by atoms with Crippen molar-refractivity contribution in [1.29, 1.82) is 0 Å². The summed E-state index contributed by atoms with van der Waals surface area (Å²) in [5.41, 5.74) is 0.944. The minimum Gasteiger partial charge on any atom is -0.305 e. The average molecular weight is 262 g/mol. The van der Waals surface area contributed by atoms with Gasteiger partial charge in [0.25, 0.3) is 0 Å². The van der Waals surface area contributed by atoms with Crippen LogP contribution in [0.5, 0.6) is 0 Å². The molecule has 2 heterocycles. The van der Waals surface area contributed by atoms with Gasteiger partial charge in [-0.25, -0.2) is 0 Å². The van der Waals surface area contributed by atoms with Crippen LogP contribution in [0.3, 0.4) is 0 Å². The van der Waals surface area contributed by atoms with Crippen molar-refractivity contribution in [3.63, 3.8) is 0 Å². The molecule has 16 heavy (non-hydrogen) atoms. The Morgan fingerprint density at radius 2 is 1.94 bits per heavy atom. The fraction of sp³-hybridized carbons (Fsp3) is 1.00. The van der Waals surface area contributed by atoms with Crippen LogP contribution in [0.4, 0.5) is 0 Å². The van der Waals surface area contributed by atoms with E-state index >= 15 is 0 Å². The molecule has 4 nitrogen and oxygen atoms in total. The predicted octanol–water partition coefficient (Wildman–Crippen LogP) is 0.737. The molecule has 2 atom stereocenters. The van der Waals surface area contributed by atoms with Gasteiger partial charge >= 0.3 is 0 Å². The SMILES string of the molecule is CN1CCCN(C2NC(N(C)C)SS2)CC1. The maximum atomic E-state index is 3.66. The van der Waals surface area contributed by atoms with Crippen LogP contribution in [0.15, 0.2) is 0 Å². The summed E-state index contributed by atoms with van der Waals surface area (Å²) in [5.74, 6) is 0. The zero-order valence-corrected chi connectivity index (χ0v) is 12.0. The van der Waals surface area contributed by atoms with E-state index in [4.69, 9.17) is 0 Å². The maximum Gasteiger partial charge on any atom is 0.120 e. The monoisotopic (exact) mass is 262 g/mol. The van der Waals surface area contributed by atoms with Crippen molar-refractivity contribution < 1.29 is 0 Å². The third-order valence-electron chi connectivity index (χ3n) is 3.08. The van der Waals surface area contributed by atoms with E-state index in [0.717, 1.165) is 0 Å². The van der Waals surface area contributed by atoms with Crippen LogP contribution < -0.4 is 5.32 Å². The molecule has 1 N–H and O–H groups in total. The molecule has 2 unspecified atom stereocenters. The molecule has 94 valence electrons. The second-order valence-electron chi connectivity index (χ2n) is 4.72. The molecule has 6 heteroatoms. The van der Waals surface area contributed by atoms with Crippen LogP contribution in [0.25, 0.3) is 0 Å². The van der Waals surface area contributed by atoms with Crippen molar-refractivity contribution in [2.45, 2.75) is 17.4 Å². The highest BCUT2D eigenvalue weighted by atomic mass is 33.1. The highest BCUT2D eigenvalue weighted by molar-refractivity contribution is 8.77. The summed E-state index contributed by atoms with van der Waals surface area (Å²) >= 11 is 0. The molecular weight excluding hydrogens is 240 g/mol. The predicted molar refractivity (Wildman–Crippen MR) is 73.3 cm³/mol. The average Bonchev–Trinajstić information content (AvgIpc) is 2.63. The van der Waals surface area contributed by atoms with E-state index in [1.54, 1.807) is 0 Å². The molecule has 2 rings (SSSR count). The van der Waals surface area contributed by atoms with E-state index in [-0.39, 0.29) is 0 Å². The minimum atomic E-state index is 0.455. The molecule has 2 fully saturated rings. The summed E-state index contributed by atoms with van der Waals surface area (Å²) in [6.45, 7) is 4.83. The van der Waals surface area contributed by atoms with E-state index in [0.29, 0.717) is 11.0 Å². The number of nitrogens with one attached hydrogen (secondary N) is 1. The Morgan fingerprint density at radius 3 is 2.62 bits per heavy atom. The Bertz CT molecular complexity index is 227. The van der Waals surface area contributed by atoms with E-state index in [1.807, 2.05) is 21.6 Å². The summed E-state index contributed by atoms with van der Waals surface area (Å²) in [6.07, 6.45) is 1.28. The van der Waals surface area contributed by atoms with Gasteiger partial charge in [0, 0.05) is 19.6 Å². The molecule has 0 spiro atoms. The van der Waals surface area contributed by atoms with Gasteiger partial charge in [0.1, 0.15) is 11.0 Å². The lowest BCUT2D eigenvalue weighted by atomic mass is 10.4. The van der Waals surface area contributed by atoms with Crippen LogP contribution >= 0.6 is 21.6 Å². The topological polar surface area (TPSA) is 21.8 Å². The second-order valence-corrected chi connectivity index (χ2v) is 7.15. The van der Waals surface area contributed by atoms with Crippen molar-refractivity contribution in [3.05, 3.63) is 0 Å². The van der Waals surface area contributed by atoms with Gasteiger partial charge in [-0.15, -0.1) is 0 Å². The van der Waals surface area contributed by atoms with Crippen molar-refractivity contribution in [3.8, 4) is 0 Å². The third kappa shape index (κ3) is 3.27. The Labute approximate surface area is 106 Å². The lowest BCUT2D eigenvalue weighted by molar-refractivity contribution is 0.207. The molecule has 0 aromatic rings. The van der Waals surface area contributed by atoms with Gasteiger partial charge < -0.3 is 4.90 Å². The quantitative estimate of drug-likeness (QED) is 0.736. The largest absolute Gasteiger partial charge is 0.305 e. The summed E-state index contributed by atoms with van der Waals surface area (Å²) in [5, 5.41) is 3.66. The molecule has 0 amide bonds. The molecule has 0 aromatic heterocycles. The highest BCUT2D eigenvalue weighted by Gasteiger charge is 2.31. The van der Waals surface area contributed by atoms with Crippen LogP contribution in [-0.2, 0) is 0 Å². The first-order chi connectivity index (χ1) is 7.66. The zero-order valence-electron chi connectivity index (χ0n) is 10.3. The summed E-state index contributed by atoms with van der Waals surface area (Å²) in [6, 6.07) is 0. The smallest absolute Gasteiger partial charge is 0.120 e. The summed E-state index contributed by atoms with van der Waals surface area (Å²) in [4.78, 5) is 7.24. The van der Waals surface area contributed by atoms with E-state index in [2.05, 4.69) is 41.2 Å². The Morgan fingerprint density at radius 1 is 1.12 bits per heavy atom. The number of rotatable bonds is 2. The van der Waals surface area contributed by atoms with Crippen LogP contribution in [0, 0.1) is 0 Å². The fourth-order valence-corrected chi connectivity index (χ4v) is 5.00. The Kier molecular flexibility index (Phi) is 4.81. The molecule has 0 aliphatic carbocycles. The highest BCUT2D eigenvalue weighted by Crippen LogP contribution is 2.38. The first-order valence-corrected chi connectivity index (χ1v) is 8.11. The number of likely N-dealkylation sites (N-methyl/N-ethyl adjacent to an activating group) is 1.